The maximum Gasteiger partial charge on any atom is 0.290 e. The van der Waals surface area contributed by atoms with E-state index in [1.807, 2.05) is 12.1 Å². The summed E-state index contributed by atoms with van der Waals surface area (Å²) in [6, 6.07) is 5.48. The molecule has 1 aliphatic rings. The number of nitrogens with one attached hydrogen (secondary N) is 2. The zero-order valence-electron chi connectivity index (χ0n) is 18.0. The van der Waals surface area contributed by atoms with Crippen molar-refractivity contribution in [3.63, 3.8) is 0 Å². The predicted molar refractivity (Wildman–Crippen MR) is 116 cm³/mol. The van der Waals surface area contributed by atoms with Crippen molar-refractivity contribution in [1.29, 1.82) is 0 Å². The second kappa shape index (κ2) is 10.7. The minimum atomic E-state index is -0.888. The molecule has 2 unspecified atom stereocenters. The van der Waals surface area contributed by atoms with E-state index >= 15 is 0 Å². The number of benzene rings is 1. The van der Waals surface area contributed by atoms with E-state index in [2.05, 4.69) is 15.3 Å². The molecule has 170 valence electrons. The average Bonchev–Trinajstić information content (AvgIpc) is 3.44. The van der Waals surface area contributed by atoms with Gasteiger partial charge in [0.2, 0.25) is 5.91 Å². The van der Waals surface area contributed by atoms with Gasteiger partial charge in [-0.1, -0.05) is 12.1 Å². The van der Waals surface area contributed by atoms with Crippen LogP contribution in [0.5, 0.6) is 5.75 Å². The number of phenols is 1. The maximum atomic E-state index is 12.9. The van der Waals surface area contributed by atoms with Crippen LogP contribution >= 0.6 is 0 Å². The number of nitrogens with zero attached hydrogens (tertiary/aromatic N) is 2. The number of ketones is 1. The van der Waals surface area contributed by atoms with Crippen LogP contribution in [0.2, 0.25) is 0 Å². The van der Waals surface area contributed by atoms with E-state index in [1.165, 1.54) is 11.8 Å². The fourth-order valence-corrected chi connectivity index (χ4v) is 3.88. The summed E-state index contributed by atoms with van der Waals surface area (Å²) in [6.45, 7) is 1.78. The number of likely N-dealkylation sites (tertiary alicyclic amines) is 1. The van der Waals surface area contributed by atoms with Crippen molar-refractivity contribution in [2.75, 3.05) is 6.54 Å². The van der Waals surface area contributed by atoms with Crippen LogP contribution in [-0.2, 0) is 27.2 Å². The molecule has 2 aromatic rings. The van der Waals surface area contributed by atoms with Crippen LogP contribution in [0.25, 0.3) is 0 Å². The van der Waals surface area contributed by atoms with Gasteiger partial charge < -0.3 is 25.1 Å². The van der Waals surface area contributed by atoms with E-state index in [0.29, 0.717) is 32.1 Å². The molecule has 0 bridgehead atoms. The molecule has 1 fully saturated rings. The number of hydrogen-bond donors (Lipinski definition) is 3. The number of aromatic nitrogens is 2. The molecule has 2 atom stereocenters. The van der Waals surface area contributed by atoms with Gasteiger partial charge >= 0.3 is 0 Å². The van der Waals surface area contributed by atoms with Crippen LogP contribution in [0, 0.1) is 0 Å². The Balaban J connectivity index is 1.56. The highest BCUT2D eigenvalue weighted by Crippen LogP contribution is 2.20. The normalized spacial score (nSPS) is 16.5. The lowest BCUT2D eigenvalue weighted by Gasteiger charge is -2.24. The predicted octanol–water partition coefficient (Wildman–Crippen LogP) is 1.56. The van der Waals surface area contributed by atoms with Crippen molar-refractivity contribution in [2.45, 2.75) is 57.5 Å². The second-order valence-corrected chi connectivity index (χ2v) is 8.09. The zero-order chi connectivity index (χ0) is 23.1. The van der Waals surface area contributed by atoms with Gasteiger partial charge in [-0.25, -0.2) is 4.98 Å². The van der Waals surface area contributed by atoms with Crippen LogP contribution < -0.4 is 5.32 Å². The Morgan fingerprint density at radius 3 is 2.72 bits per heavy atom. The van der Waals surface area contributed by atoms with Crippen molar-refractivity contribution in [2.24, 2.45) is 0 Å². The summed E-state index contributed by atoms with van der Waals surface area (Å²) in [5.41, 5.74) is 1.94. The van der Waals surface area contributed by atoms with Crippen LogP contribution in [-0.4, -0.2) is 62.5 Å². The number of imidazole rings is 1. The van der Waals surface area contributed by atoms with Gasteiger partial charge in [0.1, 0.15) is 23.9 Å². The van der Waals surface area contributed by atoms with E-state index in [1.54, 1.807) is 18.3 Å². The van der Waals surface area contributed by atoms with Crippen molar-refractivity contribution >= 4 is 23.9 Å². The summed E-state index contributed by atoms with van der Waals surface area (Å²) in [5, 5.41) is 11.9. The van der Waals surface area contributed by atoms with E-state index in [-0.39, 0.29) is 29.7 Å². The first-order chi connectivity index (χ1) is 15.4. The van der Waals surface area contributed by atoms with Gasteiger partial charge in [0.25, 0.3) is 5.91 Å². The van der Waals surface area contributed by atoms with Gasteiger partial charge in [-0.05, 0) is 56.7 Å². The number of aryl methyl sites for hydroxylation is 2. The largest absolute Gasteiger partial charge is 0.508 e. The topological polar surface area (TPSA) is 132 Å². The van der Waals surface area contributed by atoms with Gasteiger partial charge in [0.15, 0.2) is 5.82 Å². The molecule has 0 spiro atoms. The molecule has 3 rings (SSSR count). The highest BCUT2D eigenvalue weighted by atomic mass is 16.3. The lowest BCUT2D eigenvalue weighted by molar-refractivity contribution is -0.128. The molecular weight excluding hydrogens is 412 g/mol. The van der Waals surface area contributed by atoms with E-state index in [4.69, 9.17) is 0 Å². The average molecular weight is 441 g/mol. The standard InChI is InChI=1S/C23H28N4O5/c1-15(29)12-18(14-28)26-22(31)20-6-3-11-27(20)23(32)21-24-13-17(25-21)5-2-4-16-7-9-19(30)10-8-16/h7-10,13-14,18,20,30H,2-6,11-12H2,1H3,(H,24,25)(H,26,31). The number of aromatic hydroxyl groups is 1. The monoisotopic (exact) mass is 440 g/mol. The Labute approximate surface area is 186 Å². The Morgan fingerprint density at radius 2 is 2.03 bits per heavy atom. The van der Waals surface area contributed by atoms with Crippen molar-refractivity contribution in [3.8, 4) is 5.75 Å². The molecule has 1 saturated heterocycles. The first-order valence-corrected chi connectivity index (χ1v) is 10.7. The molecule has 1 aliphatic heterocycles. The van der Waals surface area contributed by atoms with Crippen LogP contribution in [0.4, 0.5) is 0 Å². The molecule has 0 radical (unpaired) electrons. The minimum Gasteiger partial charge on any atom is -0.508 e. The number of carbonyl (C=O) groups excluding carboxylic acids is 4. The summed E-state index contributed by atoms with van der Waals surface area (Å²) in [5.74, 6) is -0.577. The smallest absolute Gasteiger partial charge is 0.290 e. The number of amides is 2. The van der Waals surface area contributed by atoms with Gasteiger partial charge in [0, 0.05) is 24.9 Å². The zero-order valence-corrected chi connectivity index (χ0v) is 18.0. The fourth-order valence-electron chi connectivity index (χ4n) is 3.88. The van der Waals surface area contributed by atoms with Crippen LogP contribution in [0.1, 0.15) is 54.5 Å². The summed E-state index contributed by atoms with van der Waals surface area (Å²) >= 11 is 0. The number of carbonyl (C=O) groups is 4. The summed E-state index contributed by atoms with van der Waals surface area (Å²) in [6.07, 6.45) is 5.64. The van der Waals surface area contributed by atoms with Crippen molar-refractivity contribution in [3.05, 3.63) is 47.5 Å². The molecule has 1 aromatic carbocycles. The van der Waals surface area contributed by atoms with E-state index in [9.17, 15) is 24.3 Å². The third-order valence-electron chi connectivity index (χ3n) is 5.49. The second-order valence-electron chi connectivity index (χ2n) is 8.09. The number of Topliss-reactive ketones (excluding diaryl/α,β-unsaturated/α-hetero) is 1. The molecule has 32 heavy (non-hydrogen) atoms. The van der Waals surface area contributed by atoms with Gasteiger partial charge in [0.05, 0.1) is 6.04 Å². The SMILES string of the molecule is CC(=O)CC(C=O)NC(=O)C1CCCN1C(=O)c1ncc(CCCc2ccc(O)cc2)[nH]1. The third-order valence-corrected chi connectivity index (χ3v) is 5.49. The lowest BCUT2D eigenvalue weighted by Crippen LogP contribution is -2.49. The van der Waals surface area contributed by atoms with E-state index in [0.717, 1.165) is 24.1 Å². The first-order valence-electron chi connectivity index (χ1n) is 10.7. The van der Waals surface area contributed by atoms with Gasteiger partial charge in [-0.2, -0.15) is 0 Å². The van der Waals surface area contributed by atoms with Gasteiger partial charge in [-0.3, -0.25) is 14.4 Å². The summed E-state index contributed by atoms with van der Waals surface area (Å²) in [7, 11) is 0. The highest BCUT2D eigenvalue weighted by molar-refractivity contribution is 5.96. The minimum absolute atomic E-state index is 0.0679. The first kappa shape index (κ1) is 23.2. The number of hydrogen-bond acceptors (Lipinski definition) is 6. The molecule has 3 N–H and O–H groups in total. The molecule has 1 aromatic heterocycles. The Morgan fingerprint density at radius 1 is 1.28 bits per heavy atom. The lowest BCUT2D eigenvalue weighted by atomic mass is 10.1. The third kappa shape index (κ3) is 6.03. The summed E-state index contributed by atoms with van der Waals surface area (Å²) < 4.78 is 0. The molecule has 2 heterocycles. The molecule has 0 saturated carbocycles. The van der Waals surface area contributed by atoms with Gasteiger partial charge in [-0.15, -0.1) is 0 Å². The molecule has 2 amide bonds. The molecule has 9 nitrogen and oxygen atoms in total. The van der Waals surface area contributed by atoms with E-state index < -0.39 is 18.0 Å². The number of aldehydes is 1. The molecule has 9 heteroatoms. The molecule has 0 aliphatic carbocycles. The fraction of sp³-hybridized carbons (Fsp3) is 0.435. The highest BCUT2D eigenvalue weighted by Gasteiger charge is 2.36. The maximum absolute atomic E-state index is 12.9. The summed E-state index contributed by atoms with van der Waals surface area (Å²) in [4.78, 5) is 56.7. The number of aromatic amines is 1. The number of rotatable bonds is 10. The van der Waals surface area contributed by atoms with Crippen molar-refractivity contribution in [1.82, 2.24) is 20.2 Å². The van der Waals surface area contributed by atoms with Crippen molar-refractivity contribution < 1.29 is 24.3 Å². The van der Waals surface area contributed by atoms with Crippen LogP contribution in [0.3, 0.4) is 0 Å². The Kier molecular flexibility index (Phi) is 7.75. The molecular formula is C23H28N4O5. The number of phenolic OH excluding ortho intramolecular Hbond substituents is 1. The van der Waals surface area contributed by atoms with Crippen LogP contribution in [0.15, 0.2) is 30.5 Å². The quantitative estimate of drug-likeness (QED) is 0.480. The Hall–Kier alpha value is -3.49. The number of H-pyrrole nitrogens is 1. The Bertz CT molecular complexity index is 969.